The van der Waals surface area contributed by atoms with E-state index < -0.39 is 15.8 Å². The van der Waals surface area contributed by atoms with Crippen molar-refractivity contribution in [1.82, 2.24) is 4.90 Å². The molecule has 158 valence electrons. The molecule has 0 spiro atoms. The van der Waals surface area contributed by atoms with Crippen LogP contribution < -0.4 is 0 Å². The van der Waals surface area contributed by atoms with E-state index in [1.807, 2.05) is 32.9 Å². The molecule has 0 N–H and O–H groups in total. The van der Waals surface area contributed by atoms with Crippen molar-refractivity contribution >= 4 is 32.7 Å². The molecular formula is C21H27NO6S. The molecule has 1 amide bonds. The lowest BCUT2D eigenvalue weighted by atomic mass is 10.0. The standard InChI is InChI=1S/C21H27NO6S/c1-4-8-22(17-7-9-29(25,26)13-17)19(23)12-27-20(24)10-16-11-28-21-15(3)14(2)5-6-18(16)21/h5-6,11,17H,4,7-10,12-13H2,1-3H3/t17-/m1/s1. The third kappa shape index (κ3) is 4.80. The molecule has 7 nitrogen and oxygen atoms in total. The molecular weight excluding hydrogens is 394 g/mol. The van der Waals surface area contributed by atoms with Crippen LogP contribution in [0.1, 0.15) is 36.5 Å². The number of hydrogen-bond donors (Lipinski definition) is 0. The number of aryl methyl sites for hydroxylation is 2. The van der Waals surface area contributed by atoms with E-state index in [-0.39, 0.29) is 36.5 Å². The first-order valence-electron chi connectivity index (χ1n) is 9.83. The Kier molecular flexibility index (Phi) is 6.31. The van der Waals surface area contributed by atoms with Crippen LogP contribution in [0.15, 0.2) is 22.8 Å². The monoisotopic (exact) mass is 421 g/mol. The number of hydrogen-bond acceptors (Lipinski definition) is 6. The van der Waals surface area contributed by atoms with Crippen molar-refractivity contribution in [2.45, 2.75) is 46.1 Å². The van der Waals surface area contributed by atoms with Crippen molar-refractivity contribution in [2.24, 2.45) is 0 Å². The Morgan fingerprint density at radius 3 is 2.69 bits per heavy atom. The normalized spacial score (nSPS) is 18.1. The number of ether oxygens (including phenoxy) is 1. The van der Waals surface area contributed by atoms with E-state index in [0.717, 1.165) is 22.1 Å². The van der Waals surface area contributed by atoms with Gasteiger partial charge >= 0.3 is 5.97 Å². The van der Waals surface area contributed by atoms with Crippen molar-refractivity contribution in [3.05, 3.63) is 35.1 Å². The summed E-state index contributed by atoms with van der Waals surface area (Å²) in [4.78, 5) is 26.4. The second-order valence-corrected chi connectivity index (χ2v) is 9.86. The molecule has 1 aromatic carbocycles. The van der Waals surface area contributed by atoms with Crippen molar-refractivity contribution < 1.29 is 27.2 Å². The fourth-order valence-electron chi connectivity index (χ4n) is 3.73. The Balaban J connectivity index is 1.61. The maximum Gasteiger partial charge on any atom is 0.310 e. The maximum atomic E-state index is 12.6. The van der Waals surface area contributed by atoms with Gasteiger partial charge in [-0.05, 0) is 37.8 Å². The molecule has 1 atom stereocenters. The van der Waals surface area contributed by atoms with E-state index in [1.54, 1.807) is 6.26 Å². The lowest BCUT2D eigenvalue weighted by molar-refractivity contribution is -0.152. The first-order chi connectivity index (χ1) is 13.7. The number of carbonyl (C=O) groups excluding carboxylic acids is 2. The second-order valence-electron chi connectivity index (χ2n) is 7.63. The molecule has 1 aromatic heterocycles. The van der Waals surface area contributed by atoms with Gasteiger partial charge in [-0.1, -0.05) is 19.1 Å². The third-order valence-electron chi connectivity index (χ3n) is 5.47. The molecule has 0 aliphatic carbocycles. The van der Waals surface area contributed by atoms with Crippen molar-refractivity contribution in [2.75, 3.05) is 24.7 Å². The fraction of sp³-hybridized carbons (Fsp3) is 0.524. The quantitative estimate of drug-likeness (QED) is 0.638. The van der Waals surface area contributed by atoms with Crippen LogP contribution in [0.25, 0.3) is 11.0 Å². The summed E-state index contributed by atoms with van der Waals surface area (Å²) in [5.74, 6) is -0.801. The minimum Gasteiger partial charge on any atom is -0.464 e. The Hall–Kier alpha value is -2.35. The molecule has 3 rings (SSSR count). The Morgan fingerprint density at radius 2 is 2.03 bits per heavy atom. The van der Waals surface area contributed by atoms with Gasteiger partial charge in [-0.25, -0.2) is 8.42 Å². The van der Waals surface area contributed by atoms with Crippen LogP contribution in [-0.2, 0) is 30.6 Å². The number of fused-ring (bicyclic) bond motifs is 1. The predicted molar refractivity (Wildman–Crippen MR) is 109 cm³/mol. The van der Waals surface area contributed by atoms with Gasteiger partial charge in [0.05, 0.1) is 24.2 Å². The minimum atomic E-state index is -3.10. The van der Waals surface area contributed by atoms with E-state index in [4.69, 9.17) is 9.15 Å². The molecule has 0 bridgehead atoms. The van der Waals surface area contributed by atoms with Gasteiger partial charge < -0.3 is 14.1 Å². The van der Waals surface area contributed by atoms with Gasteiger partial charge in [-0.3, -0.25) is 9.59 Å². The smallest absolute Gasteiger partial charge is 0.310 e. The molecule has 0 saturated carbocycles. The van der Waals surface area contributed by atoms with Gasteiger partial charge in [0, 0.05) is 23.5 Å². The SMILES string of the molecule is CCCN(C(=O)COC(=O)Cc1coc2c(C)c(C)ccc12)[C@@H]1CCS(=O)(=O)C1. The summed E-state index contributed by atoms with van der Waals surface area (Å²) in [6, 6.07) is 3.55. The first-order valence-corrected chi connectivity index (χ1v) is 11.7. The number of nitrogens with zero attached hydrogens (tertiary/aromatic N) is 1. The Morgan fingerprint density at radius 1 is 1.28 bits per heavy atom. The van der Waals surface area contributed by atoms with Crippen LogP contribution in [-0.4, -0.2) is 55.9 Å². The zero-order valence-corrected chi connectivity index (χ0v) is 17.9. The number of esters is 1. The number of amides is 1. The topological polar surface area (TPSA) is 93.9 Å². The minimum absolute atomic E-state index is 0.00830. The van der Waals surface area contributed by atoms with Gasteiger partial charge in [0.1, 0.15) is 5.58 Å². The van der Waals surface area contributed by atoms with Crippen LogP contribution in [0.5, 0.6) is 0 Å². The molecule has 0 unspecified atom stereocenters. The molecule has 1 fully saturated rings. The molecule has 1 aliphatic rings. The molecule has 8 heteroatoms. The van der Waals surface area contributed by atoms with Crippen LogP contribution >= 0.6 is 0 Å². The molecule has 0 radical (unpaired) electrons. The van der Waals surface area contributed by atoms with E-state index in [0.29, 0.717) is 24.9 Å². The summed E-state index contributed by atoms with van der Waals surface area (Å²) < 4.78 is 34.3. The van der Waals surface area contributed by atoms with E-state index in [1.165, 1.54) is 4.90 Å². The van der Waals surface area contributed by atoms with Crippen molar-refractivity contribution in [3.63, 3.8) is 0 Å². The number of benzene rings is 1. The van der Waals surface area contributed by atoms with Gasteiger partial charge in [-0.2, -0.15) is 0 Å². The molecule has 2 heterocycles. The number of carbonyl (C=O) groups is 2. The summed E-state index contributed by atoms with van der Waals surface area (Å²) in [6.07, 6.45) is 2.69. The second kappa shape index (κ2) is 8.57. The lowest BCUT2D eigenvalue weighted by Crippen LogP contribution is -2.43. The summed E-state index contributed by atoms with van der Waals surface area (Å²) in [7, 11) is -3.10. The highest BCUT2D eigenvalue weighted by molar-refractivity contribution is 7.91. The van der Waals surface area contributed by atoms with Crippen LogP contribution in [0.3, 0.4) is 0 Å². The highest BCUT2D eigenvalue weighted by Crippen LogP contribution is 2.27. The lowest BCUT2D eigenvalue weighted by Gasteiger charge is -2.27. The van der Waals surface area contributed by atoms with Crippen LogP contribution in [0.4, 0.5) is 0 Å². The van der Waals surface area contributed by atoms with E-state index >= 15 is 0 Å². The average molecular weight is 422 g/mol. The van der Waals surface area contributed by atoms with Crippen molar-refractivity contribution in [1.29, 1.82) is 0 Å². The summed E-state index contributed by atoms with van der Waals surface area (Å²) in [5.41, 5.74) is 3.60. The zero-order valence-electron chi connectivity index (χ0n) is 17.1. The maximum absolute atomic E-state index is 12.6. The fourth-order valence-corrected chi connectivity index (χ4v) is 5.46. The van der Waals surface area contributed by atoms with Gasteiger partial charge in [0.15, 0.2) is 16.4 Å². The first kappa shape index (κ1) is 21.4. The molecule has 1 saturated heterocycles. The summed E-state index contributed by atoms with van der Waals surface area (Å²) in [6.45, 7) is 5.94. The highest BCUT2D eigenvalue weighted by Gasteiger charge is 2.34. The zero-order chi connectivity index (χ0) is 21.2. The van der Waals surface area contributed by atoms with E-state index in [2.05, 4.69) is 0 Å². The Bertz CT molecular complexity index is 1020. The van der Waals surface area contributed by atoms with Gasteiger partial charge in [0.2, 0.25) is 0 Å². The summed E-state index contributed by atoms with van der Waals surface area (Å²) in [5, 5.41) is 0.861. The largest absolute Gasteiger partial charge is 0.464 e. The number of rotatable bonds is 7. The summed E-state index contributed by atoms with van der Waals surface area (Å²) >= 11 is 0. The predicted octanol–water partition coefficient (Wildman–Crippen LogP) is 2.56. The van der Waals surface area contributed by atoms with Crippen LogP contribution in [0.2, 0.25) is 0 Å². The third-order valence-corrected chi connectivity index (χ3v) is 7.22. The molecule has 1 aliphatic heterocycles. The van der Waals surface area contributed by atoms with E-state index in [9.17, 15) is 18.0 Å². The number of sulfone groups is 1. The van der Waals surface area contributed by atoms with Gasteiger partial charge in [-0.15, -0.1) is 0 Å². The Labute approximate surface area is 170 Å². The number of furan rings is 1. The average Bonchev–Trinajstić information content (AvgIpc) is 3.24. The van der Waals surface area contributed by atoms with Crippen LogP contribution in [0, 0.1) is 13.8 Å². The van der Waals surface area contributed by atoms with Gasteiger partial charge in [0.25, 0.3) is 5.91 Å². The van der Waals surface area contributed by atoms with Crippen molar-refractivity contribution in [3.8, 4) is 0 Å². The molecule has 2 aromatic rings. The highest BCUT2D eigenvalue weighted by atomic mass is 32.2. The molecule has 29 heavy (non-hydrogen) atoms.